The summed E-state index contributed by atoms with van der Waals surface area (Å²) in [4.78, 5) is 21.1. The Morgan fingerprint density at radius 3 is 2.23 bits per heavy atom. The van der Waals surface area contributed by atoms with Gasteiger partial charge in [-0.25, -0.2) is 0 Å². The van der Waals surface area contributed by atoms with Crippen molar-refractivity contribution in [1.29, 1.82) is 0 Å². The lowest BCUT2D eigenvalue weighted by atomic mass is 9.96. The summed E-state index contributed by atoms with van der Waals surface area (Å²) in [6, 6.07) is 0. The molecule has 0 radical (unpaired) electrons. The highest BCUT2D eigenvalue weighted by atomic mass is 16.3. The smallest absolute Gasteiger partial charge is 0.223 e. The second-order valence-electron chi connectivity index (χ2n) is 3.11. The molecule has 0 aliphatic rings. The van der Waals surface area contributed by atoms with Gasteiger partial charge >= 0.3 is 0 Å². The number of amides is 2. The van der Waals surface area contributed by atoms with Gasteiger partial charge in [0.2, 0.25) is 11.8 Å². The molecule has 0 aromatic carbocycles. The van der Waals surface area contributed by atoms with Crippen molar-refractivity contribution in [3.8, 4) is 0 Å². The molecule has 0 spiro atoms. The average Bonchev–Trinajstić information content (AvgIpc) is 1.95. The van der Waals surface area contributed by atoms with Gasteiger partial charge in [-0.15, -0.1) is 0 Å². The van der Waals surface area contributed by atoms with Gasteiger partial charge in [0, 0.05) is 6.42 Å². The van der Waals surface area contributed by atoms with Crippen LogP contribution in [0.1, 0.15) is 26.2 Å². The Hall–Kier alpha value is -1.10. The summed E-state index contributed by atoms with van der Waals surface area (Å²) < 4.78 is 0. The summed E-state index contributed by atoms with van der Waals surface area (Å²) in [6.45, 7) is 1.50. The third-order valence-corrected chi connectivity index (χ3v) is 1.89. The minimum Gasteiger partial charge on any atom is -0.393 e. The number of hydrogen-bond donors (Lipinski definition) is 3. The molecule has 0 aromatic heterocycles. The van der Waals surface area contributed by atoms with Gasteiger partial charge in [-0.1, -0.05) is 0 Å². The zero-order valence-electron chi connectivity index (χ0n) is 7.69. The van der Waals surface area contributed by atoms with Gasteiger partial charge in [0.15, 0.2) is 0 Å². The predicted octanol–water partition coefficient (Wildman–Crippen LogP) is -0.876. The van der Waals surface area contributed by atoms with Crippen LogP contribution < -0.4 is 11.5 Å². The average molecular weight is 188 g/mol. The predicted molar refractivity (Wildman–Crippen MR) is 47.4 cm³/mol. The fourth-order valence-electron chi connectivity index (χ4n) is 1.12. The second-order valence-corrected chi connectivity index (χ2v) is 3.11. The molecule has 13 heavy (non-hydrogen) atoms. The number of nitrogens with two attached hydrogens (primary N) is 2. The van der Waals surface area contributed by atoms with E-state index in [1.165, 1.54) is 6.92 Å². The molecule has 0 aliphatic carbocycles. The van der Waals surface area contributed by atoms with Crippen molar-refractivity contribution in [2.45, 2.75) is 32.3 Å². The molecule has 2 atom stereocenters. The van der Waals surface area contributed by atoms with Crippen LogP contribution >= 0.6 is 0 Å². The molecular formula is C8H16N2O3. The van der Waals surface area contributed by atoms with E-state index in [-0.39, 0.29) is 6.42 Å². The number of carbonyl (C=O) groups is 2. The van der Waals surface area contributed by atoms with Crippen LogP contribution in [0.5, 0.6) is 0 Å². The van der Waals surface area contributed by atoms with E-state index in [4.69, 9.17) is 16.6 Å². The van der Waals surface area contributed by atoms with Crippen molar-refractivity contribution < 1.29 is 14.7 Å². The first-order valence-electron chi connectivity index (χ1n) is 4.20. The van der Waals surface area contributed by atoms with E-state index in [9.17, 15) is 9.59 Å². The highest BCUT2D eigenvalue weighted by Gasteiger charge is 2.20. The first-order chi connectivity index (χ1) is 5.95. The summed E-state index contributed by atoms with van der Waals surface area (Å²) in [7, 11) is 0. The molecule has 5 N–H and O–H groups in total. The van der Waals surface area contributed by atoms with E-state index >= 15 is 0 Å². The lowest BCUT2D eigenvalue weighted by Gasteiger charge is -2.15. The molecule has 0 fully saturated rings. The van der Waals surface area contributed by atoms with Gasteiger partial charge in [0.1, 0.15) is 0 Å². The van der Waals surface area contributed by atoms with Crippen LogP contribution in [0.3, 0.4) is 0 Å². The van der Waals surface area contributed by atoms with Gasteiger partial charge in [0.25, 0.3) is 0 Å². The molecule has 0 bridgehead atoms. The number of primary amides is 2. The molecule has 76 valence electrons. The Kier molecular flexibility index (Phi) is 5.06. The quantitative estimate of drug-likeness (QED) is 0.504. The third-order valence-electron chi connectivity index (χ3n) is 1.89. The maximum absolute atomic E-state index is 10.8. The third kappa shape index (κ3) is 5.19. The standard InChI is InChI=1S/C8H16N2O3/c1-5(11)6(8(10)13)3-2-4-7(9)12/h5-6,11H,2-4H2,1H3,(H2,9,12)(H2,10,13). The van der Waals surface area contributed by atoms with Crippen LogP contribution in [0, 0.1) is 5.92 Å². The fraction of sp³-hybridized carbons (Fsp3) is 0.750. The zero-order chi connectivity index (χ0) is 10.4. The molecule has 0 rings (SSSR count). The van der Waals surface area contributed by atoms with Crippen molar-refractivity contribution >= 4 is 11.8 Å². The Morgan fingerprint density at radius 1 is 1.38 bits per heavy atom. The van der Waals surface area contributed by atoms with E-state index in [1.54, 1.807) is 0 Å². The second kappa shape index (κ2) is 5.53. The molecule has 0 aliphatic heterocycles. The maximum Gasteiger partial charge on any atom is 0.223 e. The molecular weight excluding hydrogens is 172 g/mol. The lowest BCUT2D eigenvalue weighted by Crippen LogP contribution is -2.32. The van der Waals surface area contributed by atoms with Crippen molar-refractivity contribution in [1.82, 2.24) is 0 Å². The van der Waals surface area contributed by atoms with Crippen LogP contribution in [0.15, 0.2) is 0 Å². The highest BCUT2D eigenvalue weighted by Crippen LogP contribution is 2.12. The highest BCUT2D eigenvalue weighted by molar-refractivity contribution is 5.77. The van der Waals surface area contributed by atoms with Gasteiger partial charge in [-0.2, -0.15) is 0 Å². The number of hydrogen-bond acceptors (Lipinski definition) is 3. The van der Waals surface area contributed by atoms with Crippen LogP contribution in [0.2, 0.25) is 0 Å². The van der Waals surface area contributed by atoms with Crippen LogP contribution in [0.4, 0.5) is 0 Å². The van der Waals surface area contributed by atoms with E-state index in [0.717, 1.165) is 0 Å². The minimum atomic E-state index is -0.773. The summed E-state index contributed by atoms with van der Waals surface area (Å²) >= 11 is 0. The molecule has 2 unspecified atom stereocenters. The topological polar surface area (TPSA) is 106 Å². The number of aliphatic hydroxyl groups excluding tert-OH is 1. The lowest BCUT2D eigenvalue weighted by molar-refractivity contribution is -0.125. The zero-order valence-corrected chi connectivity index (χ0v) is 7.69. The Morgan fingerprint density at radius 2 is 1.92 bits per heavy atom. The van der Waals surface area contributed by atoms with E-state index < -0.39 is 23.8 Å². The van der Waals surface area contributed by atoms with Crippen molar-refractivity contribution in [3.63, 3.8) is 0 Å². The minimum absolute atomic E-state index is 0.219. The Labute approximate surface area is 77.1 Å². The van der Waals surface area contributed by atoms with Crippen molar-refractivity contribution in [2.75, 3.05) is 0 Å². The summed E-state index contributed by atoms with van der Waals surface area (Å²) in [5, 5.41) is 9.13. The molecule has 5 heteroatoms. The first-order valence-corrected chi connectivity index (χ1v) is 4.20. The summed E-state index contributed by atoms with van der Waals surface area (Å²) in [5.41, 5.74) is 9.95. The largest absolute Gasteiger partial charge is 0.393 e. The molecule has 0 saturated carbocycles. The normalized spacial score (nSPS) is 14.9. The molecule has 0 aromatic rings. The monoisotopic (exact) mass is 188 g/mol. The number of aliphatic hydroxyl groups is 1. The SMILES string of the molecule is CC(O)C(CCCC(N)=O)C(N)=O. The summed E-state index contributed by atoms with van der Waals surface area (Å²) in [5.74, 6) is -1.53. The summed E-state index contributed by atoms with van der Waals surface area (Å²) in [6.07, 6.45) is 0.325. The molecule has 2 amide bonds. The van der Waals surface area contributed by atoms with E-state index in [0.29, 0.717) is 12.8 Å². The van der Waals surface area contributed by atoms with Crippen LogP contribution in [-0.2, 0) is 9.59 Å². The molecule has 0 heterocycles. The van der Waals surface area contributed by atoms with Crippen molar-refractivity contribution in [2.24, 2.45) is 17.4 Å². The van der Waals surface area contributed by atoms with Crippen molar-refractivity contribution in [3.05, 3.63) is 0 Å². The number of rotatable bonds is 6. The van der Waals surface area contributed by atoms with Crippen LogP contribution in [-0.4, -0.2) is 23.0 Å². The maximum atomic E-state index is 10.8. The molecule has 5 nitrogen and oxygen atoms in total. The molecule has 0 saturated heterocycles. The fourth-order valence-corrected chi connectivity index (χ4v) is 1.12. The van der Waals surface area contributed by atoms with Gasteiger partial charge in [-0.3, -0.25) is 9.59 Å². The Bertz CT molecular complexity index is 192. The van der Waals surface area contributed by atoms with Crippen LogP contribution in [0.25, 0.3) is 0 Å². The van der Waals surface area contributed by atoms with E-state index in [1.807, 2.05) is 0 Å². The van der Waals surface area contributed by atoms with Gasteiger partial charge in [0.05, 0.1) is 12.0 Å². The van der Waals surface area contributed by atoms with E-state index in [2.05, 4.69) is 0 Å². The van der Waals surface area contributed by atoms with Gasteiger partial charge < -0.3 is 16.6 Å². The Balaban J connectivity index is 3.84. The number of carbonyl (C=O) groups excluding carboxylic acids is 2. The van der Waals surface area contributed by atoms with Gasteiger partial charge in [-0.05, 0) is 19.8 Å². The first kappa shape index (κ1) is 11.9.